The van der Waals surface area contributed by atoms with Gasteiger partial charge in [-0.25, -0.2) is 4.57 Å². The topological polar surface area (TPSA) is 102 Å². The van der Waals surface area contributed by atoms with E-state index in [-0.39, 0.29) is 32.3 Å². The van der Waals surface area contributed by atoms with Gasteiger partial charge in [0, 0.05) is 20.1 Å². The average molecular weight is 630 g/mol. The molecule has 4 atom stereocenters. The maximum atomic E-state index is 13.4. The maximum Gasteiger partial charge on any atom is 0.475 e. The van der Waals surface area contributed by atoms with E-state index < -0.39 is 32.2 Å². The second-order valence-corrected chi connectivity index (χ2v) is 12.6. The molecule has 10 heteroatoms. The summed E-state index contributed by atoms with van der Waals surface area (Å²) in [5, 5.41) is 3.05. The van der Waals surface area contributed by atoms with Gasteiger partial charge in [-0.2, -0.15) is 0 Å². The smallest absolute Gasteiger partial charge is 0.382 e. The predicted molar refractivity (Wildman–Crippen MR) is 173 cm³/mol. The molecular weight excluding hydrogens is 569 g/mol. The zero-order valence-electron chi connectivity index (χ0n) is 27.2. The standard InChI is InChI=1S/C33H60NO8P/c1-6-10-11-12-13-14-15-16-17-18-19-20-21-22-23-24-31(35)34-29-27-39-30(28-37-5)33(32(29)38-9-4)42-43(36,40-25-7-2)41-26-8-3/h7-8,14-15,29-30,32-33H,2-3,6,9-13,16-28H2,1,4-5H3,(H,34,35)/b15-14-/t29?,30?,32?,33-/m1/s1. The number of phosphoric acid groups is 1. The molecule has 1 amide bonds. The Morgan fingerprint density at radius 3 is 2.02 bits per heavy atom. The van der Waals surface area contributed by atoms with E-state index in [4.69, 9.17) is 27.8 Å². The fourth-order valence-corrected chi connectivity index (χ4v) is 6.32. The first-order chi connectivity index (χ1) is 20.9. The summed E-state index contributed by atoms with van der Waals surface area (Å²) in [6.45, 7) is 12.0. The number of phosphoric ester groups is 1. The molecule has 0 spiro atoms. The molecule has 1 fully saturated rings. The number of amides is 1. The molecule has 1 aliphatic heterocycles. The molecule has 0 radical (unpaired) electrons. The van der Waals surface area contributed by atoms with Crippen LogP contribution in [0.15, 0.2) is 37.5 Å². The van der Waals surface area contributed by atoms with Crippen LogP contribution in [0.25, 0.3) is 0 Å². The zero-order chi connectivity index (χ0) is 31.6. The minimum absolute atomic E-state index is 0.0347. The number of methoxy groups -OCH3 is 1. The highest BCUT2D eigenvalue weighted by Crippen LogP contribution is 2.52. The molecule has 0 aromatic carbocycles. The number of hydrogen-bond donors (Lipinski definition) is 1. The second-order valence-electron chi connectivity index (χ2n) is 10.9. The number of ether oxygens (including phenoxy) is 3. The van der Waals surface area contributed by atoms with Crippen molar-refractivity contribution in [2.45, 2.75) is 128 Å². The molecule has 0 aromatic rings. The first kappa shape index (κ1) is 39.7. The summed E-state index contributed by atoms with van der Waals surface area (Å²) in [5.41, 5.74) is 0. The van der Waals surface area contributed by atoms with Gasteiger partial charge in [0.15, 0.2) is 0 Å². The van der Waals surface area contributed by atoms with E-state index in [0.717, 1.165) is 19.3 Å². The molecule has 0 saturated carbocycles. The van der Waals surface area contributed by atoms with Gasteiger partial charge >= 0.3 is 7.82 Å². The zero-order valence-corrected chi connectivity index (χ0v) is 28.1. The summed E-state index contributed by atoms with van der Waals surface area (Å²) < 4.78 is 47.4. The van der Waals surface area contributed by atoms with Crippen molar-refractivity contribution in [2.75, 3.05) is 40.1 Å². The van der Waals surface area contributed by atoms with Gasteiger partial charge in [-0.05, 0) is 39.0 Å². The van der Waals surface area contributed by atoms with Crippen molar-refractivity contribution in [1.82, 2.24) is 5.32 Å². The molecule has 1 N–H and O–H groups in total. The van der Waals surface area contributed by atoms with Gasteiger partial charge in [0.1, 0.15) is 18.3 Å². The number of allylic oxidation sites excluding steroid dienone is 2. The highest BCUT2D eigenvalue weighted by Gasteiger charge is 2.47. The van der Waals surface area contributed by atoms with E-state index in [1.807, 2.05) is 6.92 Å². The van der Waals surface area contributed by atoms with Crippen molar-refractivity contribution in [1.29, 1.82) is 0 Å². The van der Waals surface area contributed by atoms with Crippen molar-refractivity contribution in [2.24, 2.45) is 0 Å². The molecule has 1 rings (SSSR count). The van der Waals surface area contributed by atoms with Crippen LogP contribution < -0.4 is 5.32 Å². The van der Waals surface area contributed by atoms with Crippen LogP contribution >= 0.6 is 7.82 Å². The molecule has 43 heavy (non-hydrogen) atoms. The Hall–Kier alpha value is -1.32. The number of rotatable bonds is 28. The maximum absolute atomic E-state index is 13.4. The van der Waals surface area contributed by atoms with E-state index in [1.165, 1.54) is 76.4 Å². The molecule has 1 saturated heterocycles. The van der Waals surface area contributed by atoms with E-state index in [1.54, 1.807) is 7.11 Å². The van der Waals surface area contributed by atoms with Gasteiger partial charge in [-0.1, -0.05) is 82.6 Å². The molecule has 9 nitrogen and oxygen atoms in total. The predicted octanol–water partition coefficient (Wildman–Crippen LogP) is 7.86. The Labute approximate surface area is 261 Å². The summed E-state index contributed by atoms with van der Waals surface area (Å²) in [6, 6.07) is -0.497. The van der Waals surface area contributed by atoms with Gasteiger partial charge in [-0.3, -0.25) is 18.4 Å². The van der Waals surface area contributed by atoms with E-state index in [9.17, 15) is 9.36 Å². The molecule has 1 heterocycles. The van der Waals surface area contributed by atoms with Crippen LogP contribution in [0.4, 0.5) is 0 Å². The fraction of sp³-hybridized carbons (Fsp3) is 0.788. The van der Waals surface area contributed by atoms with Crippen LogP contribution in [0.5, 0.6) is 0 Å². The number of unbranched alkanes of at least 4 members (excludes halogenated alkanes) is 11. The molecule has 250 valence electrons. The lowest BCUT2D eigenvalue weighted by atomic mass is 9.97. The molecular formula is C33H60NO8P. The molecule has 1 aliphatic rings. The van der Waals surface area contributed by atoms with Crippen LogP contribution in [0.2, 0.25) is 0 Å². The van der Waals surface area contributed by atoms with Gasteiger partial charge in [0.25, 0.3) is 0 Å². The Balaban J connectivity index is 2.49. The van der Waals surface area contributed by atoms with Crippen molar-refractivity contribution in [3.05, 3.63) is 37.5 Å². The summed E-state index contributed by atoms with van der Waals surface area (Å²) in [4.78, 5) is 12.9. The van der Waals surface area contributed by atoms with Crippen LogP contribution in [0.3, 0.4) is 0 Å². The van der Waals surface area contributed by atoms with E-state index in [2.05, 4.69) is 37.6 Å². The molecule has 0 aromatic heterocycles. The van der Waals surface area contributed by atoms with Crippen molar-refractivity contribution in [3.8, 4) is 0 Å². The number of carbonyl (C=O) groups excluding carboxylic acids is 1. The largest absolute Gasteiger partial charge is 0.475 e. The molecule has 0 aliphatic carbocycles. The van der Waals surface area contributed by atoms with Crippen molar-refractivity contribution < 1.29 is 37.1 Å². The molecule has 3 unspecified atom stereocenters. The lowest BCUT2D eigenvalue weighted by Crippen LogP contribution is -2.61. The number of nitrogens with one attached hydrogen (secondary N) is 1. The third kappa shape index (κ3) is 18.3. The Morgan fingerprint density at radius 1 is 0.884 bits per heavy atom. The van der Waals surface area contributed by atoms with Crippen molar-refractivity contribution >= 4 is 13.7 Å². The van der Waals surface area contributed by atoms with E-state index in [0.29, 0.717) is 13.0 Å². The first-order valence-corrected chi connectivity index (χ1v) is 17.9. The summed E-state index contributed by atoms with van der Waals surface area (Å²) in [7, 11) is -2.48. The minimum atomic E-state index is -4.02. The number of hydrogen-bond acceptors (Lipinski definition) is 8. The Morgan fingerprint density at radius 2 is 1.47 bits per heavy atom. The van der Waals surface area contributed by atoms with Gasteiger partial charge in [-0.15, -0.1) is 13.2 Å². The Bertz CT molecular complexity index is 792. The highest BCUT2D eigenvalue weighted by atomic mass is 31.2. The third-order valence-corrected chi connectivity index (χ3v) is 8.66. The van der Waals surface area contributed by atoms with Gasteiger partial charge < -0.3 is 19.5 Å². The van der Waals surface area contributed by atoms with Crippen LogP contribution in [0.1, 0.15) is 104 Å². The van der Waals surface area contributed by atoms with Gasteiger partial charge in [0.2, 0.25) is 5.91 Å². The monoisotopic (exact) mass is 629 g/mol. The lowest BCUT2D eigenvalue weighted by molar-refractivity contribution is -0.178. The van der Waals surface area contributed by atoms with Gasteiger partial charge in [0.05, 0.1) is 32.5 Å². The number of carbonyl (C=O) groups is 1. The van der Waals surface area contributed by atoms with Crippen molar-refractivity contribution in [3.63, 3.8) is 0 Å². The normalized spacial score (nSPS) is 20.8. The summed E-state index contributed by atoms with van der Waals surface area (Å²) >= 11 is 0. The first-order valence-electron chi connectivity index (χ1n) is 16.4. The summed E-state index contributed by atoms with van der Waals surface area (Å²) in [5.74, 6) is -0.0716. The minimum Gasteiger partial charge on any atom is -0.382 e. The Kier molecular flexibility index (Phi) is 24.0. The summed E-state index contributed by atoms with van der Waals surface area (Å²) in [6.07, 6.45) is 21.5. The lowest BCUT2D eigenvalue weighted by Gasteiger charge is -2.42. The average Bonchev–Trinajstić information content (AvgIpc) is 3.00. The van der Waals surface area contributed by atoms with Crippen LogP contribution in [-0.4, -0.2) is 70.4 Å². The fourth-order valence-electron chi connectivity index (χ4n) is 4.99. The SMILES string of the molecule is C=CCOP(=O)(OCC=C)O[C@@H]1C(COC)OCC(NC(=O)CCCCCCCCC/C=C\CCCCCC)C1OCC. The quantitative estimate of drug-likeness (QED) is 0.0530. The molecule has 0 bridgehead atoms. The third-order valence-electron chi connectivity index (χ3n) is 7.23. The van der Waals surface area contributed by atoms with Crippen LogP contribution in [0, 0.1) is 0 Å². The second kappa shape index (κ2) is 26.0. The van der Waals surface area contributed by atoms with E-state index >= 15 is 0 Å². The highest BCUT2D eigenvalue weighted by molar-refractivity contribution is 7.48. The van der Waals surface area contributed by atoms with Crippen LogP contribution in [-0.2, 0) is 37.1 Å².